The number of carbonyl (C=O) groups is 1. The third-order valence-electron chi connectivity index (χ3n) is 2.24. The molecule has 0 aliphatic carbocycles. The van der Waals surface area contributed by atoms with Crippen molar-refractivity contribution in [2.45, 2.75) is 53.9 Å². The van der Waals surface area contributed by atoms with Gasteiger partial charge in [0.15, 0.2) is 0 Å². The lowest BCUT2D eigenvalue weighted by atomic mass is 9.87. The van der Waals surface area contributed by atoms with Gasteiger partial charge in [0.05, 0.1) is 0 Å². The predicted octanol–water partition coefficient (Wildman–Crippen LogP) is 4.02. The van der Waals surface area contributed by atoms with Crippen molar-refractivity contribution >= 4 is 14.3 Å². The van der Waals surface area contributed by atoms with Crippen LogP contribution in [-0.4, -0.2) is 21.4 Å². The zero-order chi connectivity index (χ0) is 14.8. The number of benzene rings is 1. The molecule has 0 heterocycles. The second kappa shape index (κ2) is 11.8. The Morgan fingerprint density at radius 1 is 0.947 bits per heavy atom. The molecular formula is C16H29BNO. The summed E-state index contributed by atoms with van der Waals surface area (Å²) in [6.45, 7) is 14.5. The van der Waals surface area contributed by atoms with Crippen LogP contribution in [0.3, 0.4) is 0 Å². The molecule has 3 heteroatoms. The van der Waals surface area contributed by atoms with E-state index in [4.69, 9.17) is 0 Å². The van der Waals surface area contributed by atoms with Crippen molar-refractivity contribution in [1.82, 2.24) is 5.32 Å². The van der Waals surface area contributed by atoms with Crippen LogP contribution in [0.4, 0.5) is 0 Å². The summed E-state index contributed by atoms with van der Waals surface area (Å²) in [7, 11) is 1.64. The second-order valence-electron chi connectivity index (χ2n) is 4.41. The molecule has 0 saturated carbocycles. The number of rotatable bonds is 1. The Hall–Kier alpha value is -1.25. The molecule has 0 saturated heterocycles. The first-order chi connectivity index (χ1) is 8.45. The van der Waals surface area contributed by atoms with Crippen molar-refractivity contribution in [3.63, 3.8) is 0 Å². The first-order valence-corrected chi connectivity index (χ1v) is 6.78. The Morgan fingerprint density at radius 2 is 1.32 bits per heavy atom. The minimum absolute atomic E-state index is 0. The standard InChI is InChI=1S/C12H17NO.2C2H6.B/c1-12(2,3)10-7-5-9(6-8-10)11(14)13-4;2*1-2;/h5-8H,1-4H3,(H,13,14);2*1-2H3;. The molecule has 3 radical (unpaired) electrons. The van der Waals surface area contributed by atoms with Gasteiger partial charge in [-0.3, -0.25) is 4.79 Å². The predicted molar refractivity (Wildman–Crippen MR) is 87.0 cm³/mol. The molecule has 1 rings (SSSR count). The molecule has 0 fully saturated rings. The van der Waals surface area contributed by atoms with Gasteiger partial charge in [0.1, 0.15) is 0 Å². The largest absolute Gasteiger partial charge is 0.355 e. The number of nitrogens with one attached hydrogen (secondary N) is 1. The van der Waals surface area contributed by atoms with Crippen molar-refractivity contribution < 1.29 is 4.79 Å². The van der Waals surface area contributed by atoms with E-state index in [0.717, 1.165) is 0 Å². The Labute approximate surface area is 121 Å². The minimum Gasteiger partial charge on any atom is -0.355 e. The Balaban J connectivity index is -0.000000467. The topological polar surface area (TPSA) is 29.1 Å². The summed E-state index contributed by atoms with van der Waals surface area (Å²) in [5.74, 6) is -0.0366. The van der Waals surface area contributed by atoms with Gasteiger partial charge in [-0.05, 0) is 23.1 Å². The van der Waals surface area contributed by atoms with Crippen molar-refractivity contribution in [3.05, 3.63) is 35.4 Å². The highest BCUT2D eigenvalue weighted by Crippen LogP contribution is 2.21. The average Bonchev–Trinajstić information content (AvgIpc) is 2.41. The molecule has 0 aromatic heterocycles. The molecule has 19 heavy (non-hydrogen) atoms. The molecule has 1 amide bonds. The highest BCUT2D eigenvalue weighted by molar-refractivity contribution is 5.93. The molecule has 0 aliphatic rings. The van der Waals surface area contributed by atoms with Crippen LogP contribution in [0.5, 0.6) is 0 Å². The van der Waals surface area contributed by atoms with Crippen LogP contribution in [-0.2, 0) is 5.41 Å². The summed E-state index contributed by atoms with van der Waals surface area (Å²) in [4.78, 5) is 11.3. The molecule has 0 atom stereocenters. The Kier molecular flexibility index (Phi) is 14.2. The van der Waals surface area contributed by atoms with E-state index in [1.807, 2.05) is 52.0 Å². The summed E-state index contributed by atoms with van der Waals surface area (Å²) in [6.07, 6.45) is 0. The first kappa shape index (κ1) is 22.9. The van der Waals surface area contributed by atoms with Gasteiger partial charge in [-0.25, -0.2) is 0 Å². The summed E-state index contributed by atoms with van der Waals surface area (Å²) in [6, 6.07) is 7.73. The zero-order valence-electron chi connectivity index (χ0n) is 13.8. The van der Waals surface area contributed by atoms with E-state index < -0.39 is 0 Å². The highest BCUT2D eigenvalue weighted by atomic mass is 16.1. The van der Waals surface area contributed by atoms with Gasteiger partial charge in [0.2, 0.25) is 0 Å². The Bertz CT molecular complexity index is 326. The van der Waals surface area contributed by atoms with Crippen LogP contribution in [0.25, 0.3) is 0 Å². The molecule has 1 N–H and O–H groups in total. The maximum Gasteiger partial charge on any atom is 0.251 e. The van der Waals surface area contributed by atoms with Crippen LogP contribution in [0, 0.1) is 0 Å². The van der Waals surface area contributed by atoms with E-state index in [1.165, 1.54) is 5.56 Å². The highest BCUT2D eigenvalue weighted by Gasteiger charge is 2.13. The molecule has 1 aromatic rings. The maximum atomic E-state index is 11.3. The molecule has 0 aliphatic heterocycles. The van der Waals surface area contributed by atoms with Gasteiger partial charge in [-0.15, -0.1) is 0 Å². The smallest absolute Gasteiger partial charge is 0.251 e. The van der Waals surface area contributed by atoms with Gasteiger partial charge in [-0.2, -0.15) is 0 Å². The van der Waals surface area contributed by atoms with Crippen LogP contribution in [0.15, 0.2) is 24.3 Å². The number of amides is 1. The van der Waals surface area contributed by atoms with Crippen LogP contribution < -0.4 is 5.32 Å². The normalized spacial score (nSPS) is 8.84. The van der Waals surface area contributed by atoms with Crippen molar-refractivity contribution in [2.24, 2.45) is 0 Å². The average molecular weight is 262 g/mol. The second-order valence-corrected chi connectivity index (χ2v) is 4.41. The van der Waals surface area contributed by atoms with Gasteiger partial charge in [-0.1, -0.05) is 60.6 Å². The van der Waals surface area contributed by atoms with Gasteiger partial charge >= 0.3 is 0 Å². The molecule has 0 unspecified atom stereocenters. The molecule has 0 bridgehead atoms. The Morgan fingerprint density at radius 3 is 1.58 bits per heavy atom. The number of carbonyl (C=O) groups excluding carboxylic acids is 1. The lowest BCUT2D eigenvalue weighted by molar-refractivity contribution is 0.0963. The van der Waals surface area contributed by atoms with E-state index in [-0.39, 0.29) is 19.7 Å². The lowest BCUT2D eigenvalue weighted by Gasteiger charge is -2.18. The van der Waals surface area contributed by atoms with E-state index in [0.29, 0.717) is 5.56 Å². The van der Waals surface area contributed by atoms with Gasteiger partial charge < -0.3 is 5.32 Å². The van der Waals surface area contributed by atoms with Crippen molar-refractivity contribution in [2.75, 3.05) is 7.05 Å². The van der Waals surface area contributed by atoms with Crippen molar-refractivity contribution in [1.29, 1.82) is 0 Å². The quantitative estimate of drug-likeness (QED) is 0.761. The first-order valence-electron chi connectivity index (χ1n) is 6.78. The molecule has 0 spiro atoms. The zero-order valence-corrected chi connectivity index (χ0v) is 13.8. The van der Waals surface area contributed by atoms with E-state index in [9.17, 15) is 4.79 Å². The summed E-state index contributed by atoms with van der Waals surface area (Å²) in [5.41, 5.74) is 2.09. The fourth-order valence-electron chi connectivity index (χ4n) is 1.27. The van der Waals surface area contributed by atoms with E-state index in [1.54, 1.807) is 7.05 Å². The fourth-order valence-corrected chi connectivity index (χ4v) is 1.27. The monoisotopic (exact) mass is 262 g/mol. The third kappa shape index (κ3) is 8.47. The lowest BCUT2D eigenvalue weighted by Crippen LogP contribution is -2.18. The van der Waals surface area contributed by atoms with Crippen LogP contribution >= 0.6 is 0 Å². The van der Waals surface area contributed by atoms with Crippen LogP contribution in [0.1, 0.15) is 64.4 Å². The molecule has 2 nitrogen and oxygen atoms in total. The molecular weight excluding hydrogens is 233 g/mol. The van der Waals surface area contributed by atoms with Crippen LogP contribution in [0.2, 0.25) is 0 Å². The minimum atomic E-state index is -0.0366. The van der Waals surface area contributed by atoms with Crippen molar-refractivity contribution in [3.8, 4) is 0 Å². The number of hydrogen-bond acceptors (Lipinski definition) is 1. The fraction of sp³-hybridized carbons (Fsp3) is 0.562. The summed E-state index contributed by atoms with van der Waals surface area (Å²) >= 11 is 0. The molecule has 1 aromatic carbocycles. The van der Waals surface area contributed by atoms with Gasteiger partial charge in [0.25, 0.3) is 5.91 Å². The van der Waals surface area contributed by atoms with E-state index >= 15 is 0 Å². The van der Waals surface area contributed by atoms with Gasteiger partial charge in [0, 0.05) is 21.0 Å². The summed E-state index contributed by atoms with van der Waals surface area (Å²) < 4.78 is 0. The maximum absolute atomic E-state index is 11.3. The van der Waals surface area contributed by atoms with E-state index in [2.05, 4.69) is 26.1 Å². The molecule has 107 valence electrons. The number of hydrogen-bond donors (Lipinski definition) is 1. The third-order valence-corrected chi connectivity index (χ3v) is 2.24. The summed E-state index contributed by atoms with van der Waals surface area (Å²) in [5, 5.41) is 2.60. The SMILES string of the molecule is CC.CC.CNC(=O)c1ccc(C(C)(C)C)cc1.[B].